The van der Waals surface area contributed by atoms with E-state index in [1.54, 1.807) is 9.80 Å². The van der Waals surface area contributed by atoms with Gasteiger partial charge in [0.15, 0.2) is 10.9 Å². The summed E-state index contributed by atoms with van der Waals surface area (Å²) < 4.78 is 5.98. The zero-order chi connectivity index (χ0) is 24.4. The Morgan fingerprint density at radius 2 is 2.03 bits per heavy atom. The fourth-order valence-electron chi connectivity index (χ4n) is 4.53. The molecule has 5 rings (SSSR count). The second-order valence-electron chi connectivity index (χ2n) is 8.88. The summed E-state index contributed by atoms with van der Waals surface area (Å²) >= 11 is 2.88. The number of aromatic nitrogens is 1. The van der Waals surface area contributed by atoms with Crippen molar-refractivity contribution in [1.29, 1.82) is 0 Å². The zero-order valence-electron chi connectivity index (χ0n) is 19.8. The number of fused-ring (bicyclic) bond motifs is 1. The Hall–Kier alpha value is -3.01. The number of hydrogen-bond acceptors (Lipinski definition) is 7. The van der Waals surface area contributed by atoms with Crippen LogP contribution in [0.3, 0.4) is 0 Å². The maximum absolute atomic E-state index is 13.4. The Morgan fingerprint density at radius 1 is 1.17 bits per heavy atom. The van der Waals surface area contributed by atoms with Crippen molar-refractivity contribution in [3.8, 4) is 11.5 Å². The third-order valence-electron chi connectivity index (χ3n) is 6.29. The van der Waals surface area contributed by atoms with Crippen LogP contribution in [-0.2, 0) is 4.79 Å². The molecule has 0 aliphatic carbocycles. The summed E-state index contributed by atoms with van der Waals surface area (Å²) in [4.78, 5) is 37.1. The highest BCUT2D eigenvalue weighted by Crippen LogP contribution is 2.32. The van der Waals surface area contributed by atoms with Gasteiger partial charge in [0.1, 0.15) is 11.3 Å². The fraction of sp³-hybridized carbons (Fsp3) is 0.346. The minimum Gasteiger partial charge on any atom is -0.454 e. The Balaban J connectivity index is 1.33. The van der Waals surface area contributed by atoms with Crippen LogP contribution in [0.2, 0.25) is 0 Å². The lowest BCUT2D eigenvalue weighted by Gasteiger charge is -2.27. The number of thiophene rings is 1. The molecule has 182 valence electrons. The van der Waals surface area contributed by atoms with E-state index in [1.807, 2.05) is 67.3 Å². The standard InChI is InChI=1S/C26H28N4O3S2/c1-28(2)24(31)20-9-5-12-29(20)13-7-14-30(25(32)23-11-6-15-34-23)26-27-19(17-35-26)22-16-18-8-3-4-10-21(18)33-22/h3-4,6,8,10-11,15-17,20H,5,7,9,12-14H2,1-2H3/t20-/m0/s1. The van der Waals surface area contributed by atoms with Gasteiger partial charge in [0.05, 0.1) is 10.9 Å². The van der Waals surface area contributed by atoms with Gasteiger partial charge in [-0.15, -0.1) is 22.7 Å². The van der Waals surface area contributed by atoms with E-state index in [2.05, 4.69) is 4.90 Å². The molecule has 1 aromatic carbocycles. The summed E-state index contributed by atoms with van der Waals surface area (Å²) in [6.45, 7) is 2.21. The molecule has 7 nitrogen and oxygen atoms in total. The van der Waals surface area contributed by atoms with Crippen LogP contribution in [0.25, 0.3) is 22.4 Å². The van der Waals surface area contributed by atoms with Crippen LogP contribution in [-0.4, -0.2) is 66.4 Å². The monoisotopic (exact) mass is 508 g/mol. The molecule has 1 aliphatic heterocycles. The minimum absolute atomic E-state index is 0.0483. The molecule has 2 amide bonds. The molecular weight excluding hydrogens is 480 g/mol. The second-order valence-corrected chi connectivity index (χ2v) is 10.7. The van der Waals surface area contributed by atoms with E-state index < -0.39 is 0 Å². The summed E-state index contributed by atoms with van der Waals surface area (Å²) in [6.07, 6.45) is 2.67. The van der Waals surface area contributed by atoms with Crippen LogP contribution < -0.4 is 4.90 Å². The number of thiazole rings is 1. The van der Waals surface area contributed by atoms with Gasteiger partial charge in [0.25, 0.3) is 5.91 Å². The molecule has 9 heteroatoms. The Morgan fingerprint density at radius 3 is 2.80 bits per heavy atom. The third-order valence-corrected chi connectivity index (χ3v) is 8.02. The van der Waals surface area contributed by atoms with Crippen LogP contribution in [0.1, 0.15) is 28.9 Å². The summed E-state index contributed by atoms with van der Waals surface area (Å²) in [7, 11) is 3.62. The van der Waals surface area contributed by atoms with E-state index in [0.29, 0.717) is 22.3 Å². The van der Waals surface area contributed by atoms with Crippen molar-refractivity contribution in [2.75, 3.05) is 38.6 Å². The summed E-state index contributed by atoms with van der Waals surface area (Å²) in [5.74, 6) is 0.802. The van der Waals surface area contributed by atoms with Gasteiger partial charge < -0.3 is 9.32 Å². The third kappa shape index (κ3) is 5.03. The highest BCUT2D eigenvalue weighted by molar-refractivity contribution is 7.14. The largest absolute Gasteiger partial charge is 0.454 e. The fourth-order valence-corrected chi connectivity index (χ4v) is 6.04. The number of furan rings is 1. The molecule has 1 saturated heterocycles. The molecule has 0 N–H and O–H groups in total. The maximum atomic E-state index is 13.4. The van der Waals surface area contributed by atoms with Crippen molar-refractivity contribution in [2.24, 2.45) is 0 Å². The minimum atomic E-state index is -0.0639. The molecule has 4 heterocycles. The topological polar surface area (TPSA) is 69.9 Å². The molecule has 4 aromatic rings. The van der Waals surface area contributed by atoms with E-state index in [-0.39, 0.29) is 17.9 Å². The van der Waals surface area contributed by atoms with Crippen molar-refractivity contribution in [3.05, 3.63) is 58.1 Å². The Bertz CT molecular complexity index is 1280. The Labute approximate surface area is 212 Å². The number of carbonyl (C=O) groups excluding carboxylic acids is 2. The molecule has 0 spiro atoms. The predicted molar refractivity (Wildman–Crippen MR) is 141 cm³/mol. The molecule has 1 atom stereocenters. The van der Waals surface area contributed by atoms with Crippen LogP contribution >= 0.6 is 22.7 Å². The number of likely N-dealkylation sites (tertiary alicyclic amines) is 1. The van der Waals surface area contributed by atoms with Crippen molar-refractivity contribution < 1.29 is 14.0 Å². The molecule has 0 bridgehead atoms. The molecule has 35 heavy (non-hydrogen) atoms. The average Bonchev–Trinajstić information content (AvgIpc) is 3.67. The van der Waals surface area contributed by atoms with Gasteiger partial charge in [-0.3, -0.25) is 19.4 Å². The lowest BCUT2D eigenvalue weighted by Crippen LogP contribution is -2.43. The average molecular weight is 509 g/mol. The van der Waals surface area contributed by atoms with Crippen LogP contribution in [0.15, 0.2) is 57.6 Å². The van der Waals surface area contributed by atoms with Gasteiger partial charge in [-0.2, -0.15) is 0 Å². The SMILES string of the molecule is CN(C)C(=O)[C@@H]1CCCN1CCCN(C(=O)c1cccs1)c1nc(-c2cc3ccccc3o2)cs1. The number of para-hydroxylation sites is 1. The first-order valence-electron chi connectivity index (χ1n) is 11.8. The molecule has 0 unspecified atom stereocenters. The molecule has 0 saturated carbocycles. The number of hydrogen-bond donors (Lipinski definition) is 0. The number of nitrogens with zero attached hydrogens (tertiary/aromatic N) is 4. The van der Waals surface area contributed by atoms with E-state index in [0.717, 1.165) is 49.0 Å². The number of amides is 2. The number of carbonyl (C=O) groups is 2. The molecular formula is C26H28N4O3S2. The van der Waals surface area contributed by atoms with E-state index in [1.165, 1.54) is 22.7 Å². The normalized spacial score (nSPS) is 16.1. The molecule has 3 aromatic heterocycles. The summed E-state index contributed by atoms with van der Waals surface area (Å²) in [6, 6.07) is 13.5. The van der Waals surface area contributed by atoms with Crippen LogP contribution in [0.5, 0.6) is 0 Å². The number of anilines is 1. The van der Waals surface area contributed by atoms with Crippen molar-refractivity contribution in [2.45, 2.75) is 25.3 Å². The van der Waals surface area contributed by atoms with Crippen LogP contribution in [0, 0.1) is 0 Å². The van der Waals surface area contributed by atoms with Gasteiger partial charge in [-0.05, 0) is 49.4 Å². The van der Waals surface area contributed by atoms with E-state index in [4.69, 9.17) is 9.40 Å². The maximum Gasteiger partial charge on any atom is 0.270 e. The van der Waals surface area contributed by atoms with Gasteiger partial charge in [-0.1, -0.05) is 24.3 Å². The first kappa shape index (κ1) is 23.7. The van der Waals surface area contributed by atoms with E-state index in [9.17, 15) is 9.59 Å². The first-order valence-corrected chi connectivity index (χ1v) is 13.5. The quantitative estimate of drug-likeness (QED) is 0.327. The number of rotatable bonds is 8. The molecule has 1 aliphatic rings. The van der Waals surface area contributed by atoms with Crippen molar-refractivity contribution in [3.63, 3.8) is 0 Å². The van der Waals surface area contributed by atoms with Gasteiger partial charge in [0.2, 0.25) is 5.91 Å². The second kappa shape index (κ2) is 10.3. The van der Waals surface area contributed by atoms with Crippen LogP contribution in [0.4, 0.5) is 5.13 Å². The molecule has 0 radical (unpaired) electrons. The summed E-state index contributed by atoms with van der Waals surface area (Å²) in [5, 5.41) is 5.53. The lowest BCUT2D eigenvalue weighted by atomic mass is 10.2. The summed E-state index contributed by atoms with van der Waals surface area (Å²) in [5.41, 5.74) is 1.54. The van der Waals surface area contributed by atoms with Gasteiger partial charge >= 0.3 is 0 Å². The van der Waals surface area contributed by atoms with Gasteiger partial charge in [0, 0.05) is 38.0 Å². The zero-order valence-corrected chi connectivity index (χ0v) is 21.5. The lowest BCUT2D eigenvalue weighted by molar-refractivity contribution is -0.133. The molecule has 1 fully saturated rings. The number of benzene rings is 1. The van der Waals surface area contributed by atoms with Crippen molar-refractivity contribution >= 4 is 50.6 Å². The predicted octanol–water partition coefficient (Wildman–Crippen LogP) is 5.21. The number of likely N-dealkylation sites (N-methyl/N-ethyl adjacent to an activating group) is 1. The highest BCUT2D eigenvalue weighted by atomic mass is 32.1. The Kier molecular flexibility index (Phi) is 6.99. The smallest absolute Gasteiger partial charge is 0.270 e. The first-order chi connectivity index (χ1) is 17.0. The van der Waals surface area contributed by atoms with E-state index >= 15 is 0 Å². The highest BCUT2D eigenvalue weighted by Gasteiger charge is 2.31. The van der Waals surface area contributed by atoms with Gasteiger partial charge in [-0.25, -0.2) is 4.98 Å². The van der Waals surface area contributed by atoms with Crippen molar-refractivity contribution in [1.82, 2.24) is 14.8 Å².